The van der Waals surface area contributed by atoms with Gasteiger partial charge in [0.1, 0.15) is 0 Å². The van der Waals surface area contributed by atoms with Crippen molar-refractivity contribution in [1.29, 1.82) is 0 Å². The van der Waals surface area contributed by atoms with Crippen molar-refractivity contribution in [2.45, 2.75) is 19.4 Å². The molecule has 4 nitrogen and oxygen atoms in total. The lowest BCUT2D eigenvalue weighted by atomic mass is 9.98. The topological polar surface area (TPSA) is 63.4 Å². The van der Waals surface area contributed by atoms with Crippen molar-refractivity contribution in [1.82, 2.24) is 0 Å². The van der Waals surface area contributed by atoms with Gasteiger partial charge in [-0.3, -0.25) is 10.1 Å². The summed E-state index contributed by atoms with van der Waals surface area (Å²) in [7, 11) is 0. The van der Waals surface area contributed by atoms with Crippen LogP contribution < -0.4 is 0 Å². The Hall–Kier alpha value is -1.91. The number of aliphatic hydroxyl groups is 1. The van der Waals surface area contributed by atoms with Crippen LogP contribution in [0.4, 0.5) is 5.69 Å². The van der Waals surface area contributed by atoms with Gasteiger partial charge in [-0.1, -0.05) is 29.8 Å². The molecular weight excluding hydrogens is 278 g/mol. The maximum absolute atomic E-state index is 10.6. The Morgan fingerprint density at radius 1 is 1.25 bits per heavy atom. The molecule has 1 atom stereocenters. The summed E-state index contributed by atoms with van der Waals surface area (Å²) >= 11 is 5.88. The van der Waals surface area contributed by atoms with E-state index in [0.717, 1.165) is 16.7 Å². The number of non-ortho nitro benzene ring substituents is 1. The third-order valence-electron chi connectivity index (χ3n) is 3.17. The summed E-state index contributed by atoms with van der Waals surface area (Å²) in [5.74, 6) is 0. The van der Waals surface area contributed by atoms with Gasteiger partial charge in [-0.05, 0) is 35.7 Å². The molecule has 0 heterocycles. The molecule has 0 bridgehead atoms. The molecule has 5 heteroatoms. The Balaban J connectivity index is 2.14. The molecule has 0 spiro atoms. The van der Waals surface area contributed by atoms with Crippen molar-refractivity contribution in [3.8, 4) is 0 Å². The van der Waals surface area contributed by atoms with E-state index in [0.29, 0.717) is 11.4 Å². The van der Waals surface area contributed by atoms with Gasteiger partial charge in [0, 0.05) is 23.6 Å². The molecule has 1 N–H and O–H groups in total. The lowest BCUT2D eigenvalue weighted by Crippen LogP contribution is -2.04. The first kappa shape index (κ1) is 14.5. The van der Waals surface area contributed by atoms with E-state index in [-0.39, 0.29) is 5.69 Å². The van der Waals surface area contributed by atoms with Gasteiger partial charge in [-0.15, -0.1) is 0 Å². The van der Waals surface area contributed by atoms with E-state index in [2.05, 4.69) is 0 Å². The van der Waals surface area contributed by atoms with Gasteiger partial charge in [0.25, 0.3) is 5.69 Å². The number of nitro benzene ring substituents is 1. The van der Waals surface area contributed by atoms with E-state index >= 15 is 0 Å². The number of nitro groups is 1. The second-order valence-corrected chi connectivity index (χ2v) is 5.08. The first-order valence-electron chi connectivity index (χ1n) is 6.15. The van der Waals surface area contributed by atoms with E-state index in [9.17, 15) is 15.2 Å². The van der Waals surface area contributed by atoms with Crippen LogP contribution in [0.15, 0.2) is 42.5 Å². The van der Waals surface area contributed by atoms with Crippen molar-refractivity contribution in [3.63, 3.8) is 0 Å². The van der Waals surface area contributed by atoms with Gasteiger partial charge in [0.15, 0.2) is 0 Å². The van der Waals surface area contributed by atoms with Gasteiger partial charge in [-0.2, -0.15) is 0 Å². The maximum atomic E-state index is 10.6. The molecule has 20 heavy (non-hydrogen) atoms. The van der Waals surface area contributed by atoms with Crippen LogP contribution in [-0.2, 0) is 6.42 Å². The summed E-state index contributed by atoms with van der Waals surface area (Å²) in [5.41, 5.74) is 2.63. The van der Waals surface area contributed by atoms with Crippen molar-refractivity contribution in [3.05, 3.63) is 74.3 Å². The fourth-order valence-electron chi connectivity index (χ4n) is 2.10. The zero-order valence-electron chi connectivity index (χ0n) is 10.9. The number of hydrogen-bond acceptors (Lipinski definition) is 3. The summed E-state index contributed by atoms with van der Waals surface area (Å²) < 4.78 is 0. The molecule has 0 aliphatic rings. The molecule has 2 rings (SSSR count). The third-order valence-corrected chi connectivity index (χ3v) is 3.40. The molecule has 2 aromatic carbocycles. The van der Waals surface area contributed by atoms with Gasteiger partial charge in [-0.25, -0.2) is 0 Å². The Labute approximate surface area is 121 Å². The molecule has 0 aliphatic heterocycles. The normalized spacial score (nSPS) is 12.2. The number of hydrogen-bond donors (Lipinski definition) is 1. The van der Waals surface area contributed by atoms with E-state index in [1.165, 1.54) is 12.1 Å². The minimum absolute atomic E-state index is 0.0471. The third kappa shape index (κ3) is 3.35. The van der Waals surface area contributed by atoms with Gasteiger partial charge in [0.2, 0.25) is 0 Å². The molecule has 0 amide bonds. The highest BCUT2D eigenvalue weighted by Gasteiger charge is 2.12. The van der Waals surface area contributed by atoms with Crippen LogP contribution in [0.2, 0.25) is 5.02 Å². The fraction of sp³-hybridized carbons (Fsp3) is 0.200. The molecule has 0 saturated heterocycles. The Morgan fingerprint density at radius 3 is 2.45 bits per heavy atom. The average molecular weight is 292 g/mol. The highest BCUT2D eigenvalue weighted by Crippen LogP contribution is 2.25. The van der Waals surface area contributed by atoms with E-state index in [1.807, 2.05) is 6.92 Å². The van der Waals surface area contributed by atoms with Crippen molar-refractivity contribution in [2.24, 2.45) is 0 Å². The quantitative estimate of drug-likeness (QED) is 0.688. The number of benzene rings is 2. The smallest absolute Gasteiger partial charge is 0.269 e. The molecule has 104 valence electrons. The predicted octanol–water partition coefficient (Wildman–Crippen LogP) is 3.83. The summed E-state index contributed by atoms with van der Waals surface area (Å²) in [6, 6.07) is 11.5. The summed E-state index contributed by atoms with van der Waals surface area (Å²) in [4.78, 5) is 10.1. The standard InChI is InChI=1S/C15H14ClNO3/c1-10-8-12(16)4-7-14(10)15(18)9-11-2-5-13(6-3-11)17(19)20/h2-8,15,18H,9H2,1H3. The van der Waals surface area contributed by atoms with E-state index in [1.54, 1.807) is 30.3 Å². The molecule has 0 aliphatic carbocycles. The lowest BCUT2D eigenvalue weighted by molar-refractivity contribution is -0.384. The number of aliphatic hydroxyl groups excluding tert-OH is 1. The number of aryl methyl sites for hydroxylation is 1. The minimum Gasteiger partial charge on any atom is -0.388 e. The molecular formula is C15H14ClNO3. The Kier molecular flexibility index (Phi) is 4.37. The highest BCUT2D eigenvalue weighted by atomic mass is 35.5. The highest BCUT2D eigenvalue weighted by molar-refractivity contribution is 6.30. The van der Waals surface area contributed by atoms with Gasteiger partial charge in [0.05, 0.1) is 11.0 Å². The zero-order chi connectivity index (χ0) is 14.7. The average Bonchev–Trinajstić information content (AvgIpc) is 2.39. The number of halogens is 1. The summed E-state index contributed by atoms with van der Waals surface area (Å²) in [5, 5.41) is 21.5. The zero-order valence-corrected chi connectivity index (χ0v) is 11.7. The van der Waals surface area contributed by atoms with Gasteiger partial charge < -0.3 is 5.11 Å². The molecule has 1 unspecified atom stereocenters. The molecule has 0 aromatic heterocycles. The lowest BCUT2D eigenvalue weighted by Gasteiger charge is -2.14. The van der Waals surface area contributed by atoms with E-state index < -0.39 is 11.0 Å². The number of nitrogens with zero attached hydrogens (tertiary/aromatic N) is 1. The SMILES string of the molecule is Cc1cc(Cl)ccc1C(O)Cc1ccc([N+](=O)[O-])cc1. The monoisotopic (exact) mass is 291 g/mol. The second kappa shape index (κ2) is 6.03. The van der Waals surface area contributed by atoms with Crippen LogP contribution in [0.25, 0.3) is 0 Å². The van der Waals surface area contributed by atoms with Crippen LogP contribution in [-0.4, -0.2) is 10.0 Å². The summed E-state index contributed by atoms with van der Waals surface area (Å²) in [6.07, 6.45) is -0.255. The number of rotatable bonds is 4. The van der Waals surface area contributed by atoms with Crippen molar-refractivity contribution < 1.29 is 10.0 Å². The van der Waals surface area contributed by atoms with Crippen molar-refractivity contribution >= 4 is 17.3 Å². The Bertz CT molecular complexity index is 626. The fourth-order valence-corrected chi connectivity index (χ4v) is 2.33. The van der Waals surface area contributed by atoms with Crippen LogP contribution >= 0.6 is 11.6 Å². The van der Waals surface area contributed by atoms with Gasteiger partial charge >= 0.3 is 0 Å². The molecule has 2 aromatic rings. The Morgan fingerprint density at radius 2 is 1.90 bits per heavy atom. The van der Waals surface area contributed by atoms with E-state index in [4.69, 9.17) is 11.6 Å². The second-order valence-electron chi connectivity index (χ2n) is 4.64. The van der Waals surface area contributed by atoms with Crippen LogP contribution in [0.1, 0.15) is 22.8 Å². The molecule has 0 fully saturated rings. The first-order valence-corrected chi connectivity index (χ1v) is 6.52. The maximum Gasteiger partial charge on any atom is 0.269 e. The molecule has 0 saturated carbocycles. The van der Waals surface area contributed by atoms with Crippen LogP contribution in [0.3, 0.4) is 0 Å². The van der Waals surface area contributed by atoms with Crippen LogP contribution in [0, 0.1) is 17.0 Å². The predicted molar refractivity (Wildman–Crippen MR) is 77.9 cm³/mol. The minimum atomic E-state index is -0.659. The largest absolute Gasteiger partial charge is 0.388 e. The summed E-state index contributed by atoms with van der Waals surface area (Å²) in [6.45, 7) is 1.89. The molecule has 0 radical (unpaired) electrons. The van der Waals surface area contributed by atoms with Crippen molar-refractivity contribution in [2.75, 3.05) is 0 Å². The first-order chi connectivity index (χ1) is 9.47. The van der Waals surface area contributed by atoms with Crippen LogP contribution in [0.5, 0.6) is 0 Å².